The van der Waals surface area contributed by atoms with Crippen LogP contribution in [0, 0.1) is 5.92 Å². The molecule has 54 valence electrons. The second kappa shape index (κ2) is 3.18. The summed E-state index contributed by atoms with van der Waals surface area (Å²) in [6.45, 7) is 3.18. The van der Waals surface area contributed by atoms with Crippen molar-refractivity contribution in [1.29, 1.82) is 0 Å². The highest BCUT2D eigenvalue weighted by molar-refractivity contribution is 4.69. The van der Waals surface area contributed by atoms with Gasteiger partial charge in [-0.05, 0) is 19.8 Å². The second-order valence-corrected chi connectivity index (χ2v) is 2.66. The molecule has 1 aliphatic heterocycles. The maximum atomic E-state index is 8.78. The first-order chi connectivity index (χ1) is 4.34. The second-order valence-electron chi connectivity index (χ2n) is 2.66. The number of aliphatic hydroxyl groups excluding tert-OH is 1. The van der Waals surface area contributed by atoms with E-state index in [0.29, 0.717) is 5.92 Å². The topological polar surface area (TPSA) is 29.5 Å². The number of hydrogen-bond acceptors (Lipinski definition) is 2. The van der Waals surface area contributed by atoms with Gasteiger partial charge in [0, 0.05) is 19.1 Å². The third-order valence-corrected chi connectivity index (χ3v) is 2.00. The molecule has 1 fully saturated rings. The molecule has 0 bridgehead atoms. The summed E-state index contributed by atoms with van der Waals surface area (Å²) in [6, 6.07) is 0. The highest BCUT2D eigenvalue weighted by Gasteiger charge is 2.20. The van der Waals surface area contributed by atoms with Crippen LogP contribution in [-0.4, -0.2) is 24.4 Å². The van der Waals surface area contributed by atoms with Crippen LogP contribution in [-0.2, 0) is 4.74 Å². The fourth-order valence-electron chi connectivity index (χ4n) is 1.23. The molecule has 0 unspecified atom stereocenters. The molecule has 0 aromatic heterocycles. The van der Waals surface area contributed by atoms with Gasteiger partial charge in [-0.1, -0.05) is 0 Å². The number of rotatable bonds is 1. The summed E-state index contributed by atoms with van der Waals surface area (Å²) in [4.78, 5) is 0. The predicted octanol–water partition coefficient (Wildman–Crippen LogP) is 0.794. The lowest BCUT2D eigenvalue weighted by atomic mass is 9.97. The van der Waals surface area contributed by atoms with Gasteiger partial charge in [-0.3, -0.25) is 0 Å². The quantitative estimate of drug-likeness (QED) is 0.568. The zero-order valence-corrected chi connectivity index (χ0v) is 5.84. The minimum atomic E-state index is 0.267. The molecule has 1 N–H and O–H groups in total. The Morgan fingerprint density at radius 2 is 2.44 bits per heavy atom. The largest absolute Gasteiger partial charge is 0.396 e. The van der Waals surface area contributed by atoms with Crippen molar-refractivity contribution < 1.29 is 9.84 Å². The summed E-state index contributed by atoms with van der Waals surface area (Å²) >= 11 is 0. The lowest BCUT2D eigenvalue weighted by molar-refractivity contribution is -0.0324. The van der Waals surface area contributed by atoms with Crippen LogP contribution >= 0.6 is 0 Å². The summed E-state index contributed by atoms with van der Waals surface area (Å²) in [5, 5.41) is 8.78. The Kier molecular flexibility index (Phi) is 2.49. The number of ether oxygens (including phenoxy) is 1. The van der Waals surface area contributed by atoms with E-state index < -0.39 is 0 Å². The Morgan fingerprint density at radius 3 is 2.89 bits per heavy atom. The molecular formula is C7H14O2. The third kappa shape index (κ3) is 1.66. The van der Waals surface area contributed by atoms with Gasteiger partial charge in [0.05, 0.1) is 6.10 Å². The van der Waals surface area contributed by atoms with Crippen molar-refractivity contribution in [3.05, 3.63) is 0 Å². The molecule has 2 nitrogen and oxygen atoms in total. The first-order valence-corrected chi connectivity index (χ1v) is 3.57. The van der Waals surface area contributed by atoms with Crippen molar-refractivity contribution in [3.8, 4) is 0 Å². The average molecular weight is 130 g/mol. The minimum Gasteiger partial charge on any atom is -0.396 e. The van der Waals surface area contributed by atoms with E-state index in [0.717, 1.165) is 19.4 Å². The summed E-state index contributed by atoms with van der Waals surface area (Å²) in [5.41, 5.74) is 0. The van der Waals surface area contributed by atoms with Crippen molar-refractivity contribution in [2.24, 2.45) is 5.92 Å². The molecule has 0 aromatic rings. The lowest BCUT2D eigenvalue weighted by Gasteiger charge is -2.27. The van der Waals surface area contributed by atoms with Crippen LogP contribution in [0.1, 0.15) is 19.8 Å². The Labute approximate surface area is 55.8 Å². The zero-order chi connectivity index (χ0) is 6.69. The molecule has 0 aliphatic carbocycles. The van der Waals surface area contributed by atoms with Crippen LogP contribution in [0.4, 0.5) is 0 Å². The normalized spacial score (nSPS) is 36.7. The first-order valence-electron chi connectivity index (χ1n) is 3.57. The van der Waals surface area contributed by atoms with Crippen molar-refractivity contribution in [2.75, 3.05) is 13.2 Å². The third-order valence-electron chi connectivity index (χ3n) is 2.00. The Balaban J connectivity index is 2.30. The van der Waals surface area contributed by atoms with E-state index in [1.165, 1.54) is 0 Å². The Bertz CT molecular complexity index is 83.0. The highest BCUT2D eigenvalue weighted by atomic mass is 16.5. The number of aliphatic hydroxyl groups is 1. The highest BCUT2D eigenvalue weighted by Crippen LogP contribution is 2.18. The fourth-order valence-corrected chi connectivity index (χ4v) is 1.23. The first kappa shape index (κ1) is 7.03. The predicted molar refractivity (Wildman–Crippen MR) is 35.2 cm³/mol. The molecule has 0 spiro atoms. The smallest absolute Gasteiger partial charge is 0.0597 e. The average Bonchev–Trinajstić information content (AvgIpc) is 1.89. The van der Waals surface area contributed by atoms with Crippen LogP contribution in [0.25, 0.3) is 0 Å². The molecule has 2 atom stereocenters. The van der Waals surface area contributed by atoms with E-state index in [2.05, 4.69) is 0 Å². The molecule has 0 radical (unpaired) electrons. The molecule has 0 aromatic carbocycles. The van der Waals surface area contributed by atoms with E-state index >= 15 is 0 Å². The Hall–Kier alpha value is -0.0800. The van der Waals surface area contributed by atoms with Gasteiger partial charge in [-0.15, -0.1) is 0 Å². The molecule has 1 heterocycles. The van der Waals surface area contributed by atoms with Crippen LogP contribution in [0.5, 0.6) is 0 Å². The molecule has 2 heteroatoms. The molecular weight excluding hydrogens is 116 g/mol. The molecule has 0 amide bonds. The SMILES string of the molecule is C[C@@H]1OCCC[C@@H]1CO. The van der Waals surface area contributed by atoms with Crippen LogP contribution in [0.15, 0.2) is 0 Å². The van der Waals surface area contributed by atoms with E-state index in [4.69, 9.17) is 9.84 Å². The van der Waals surface area contributed by atoms with Gasteiger partial charge >= 0.3 is 0 Å². The molecule has 1 saturated heterocycles. The van der Waals surface area contributed by atoms with E-state index in [9.17, 15) is 0 Å². The summed E-state index contributed by atoms with van der Waals surface area (Å²) < 4.78 is 5.32. The molecule has 9 heavy (non-hydrogen) atoms. The van der Waals surface area contributed by atoms with E-state index in [1.54, 1.807) is 0 Å². The summed E-state index contributed by atoms with van der Waals surface area (Å²) in [6.07, 6.45) is 2.50. The van der Waals surface area contributed by atoms with E-state index in [-0.39, 0.29) is 12.7 Å². The monoisotopic (exact) mass is 130 g/mol. The van der Waals surface area contributed by atoms with Crippen LogP contribution in [0.2, 0.25) is 0 Å². The standard InChI is InChI=1S/C7H14O2/c1-6-7(5-8)3-2-4-9-6/h6-8H,2-5H2,1H3/t6-,7+/m0/s1. The molecule has 1 aliphatic rings. The van der Waals surface area contributed by atoms with Crippen molar-refractivity contribution in [1.82, 2.24) is 0 Å². The van der Waals surface area contributed by atoms with Gasteiger partial charge < -0.3 is 9.84 Å². The van der Waals surface area contributed by atoms with Gasteiger partial charge in [-0.25, -0.2) is 0 Å². The van der Waals surface area contributed by atoms with Gasteiger partial charge in [0.25, 0.3) is 0 Å². The lowest BCUT2D eigenvalue weighted by Crippen LogP contribution is -2.29. The summed E-state index contributed by atoms with van der Waals surface area (Å²) in [5.74, 6) is 0.388. The van der Waals surface area contributed by atoms with Crippen molar-refractivity contribution in [3.63, 3.8) is 0 Å². The number of hydrogen-bond donors (Lipinski definition) is 1. The van der Waals surface area contributed by atoms with Gasteiger partial charge in [-0.2, -0.15) is 0 Å². The van der Waals surface area contributed by atoms with Gasteiger partial charge in [0.15, 0.2) is 0 Å². The maximum absolute atomic E-state index is 8.78. The zero-order valence-electron chi connectivity index (χ0n) is 5.84. The summed E-state index contributed by atoms with van der Waals surface area (Å²) in [7, 11) is 0. The fraction of sp³-hybridized carbons (Fsp3) is 1.00. The molecule has 1 rings (SSSR count). The van der Waals surface area contributed by atoms with E-state index in [1.807, 2.05) is 6.92 Å². The molecule has 0 saturated carbocycles. The van der Waals surface area contributed by atoms with Gasteiger partial charge in [0.2, 0.25) is 0 Å². The van der Waals surface area contributed by atoms with Crippen LogP contribution in [0.3, 0.4) is 0 Å². The van der Waals surface area contributed by atoms with Crippen molar-refractivity contribution in [2.45, 2.75) is 25.9 Å². The van der Waals surface area contributed by atoms with Crippen molar-refractivity contribution >= 4 is 0 Å². The van der Waals surface area contributed by atoms with Crippen LogP contribution < -0.4 is 0 Å². The Morgan fingerprint density at radius 1 is 1.67 bits per heavy atom. The van der Waals surface area contributed by atoms with Gasteiger partial charge in [0.1, 0.15) is 0 Å². The maximum Gasteiger partial charge on any atom is 0.0597 e. The minimum absolute atomic E-state index is 0.267.